The summed E-state index contributed by atoms with van der Waals surface area (Å²) >= 11 is 0. The lowest BCUT2D eigenvalue weighted by atomic mass is 9.86. The average molecular weight is 487 g/mol. The molecule has 0 saturated carbocycles. The summed E-state index contributed by atoms with van der Waals surface area (Å²) in [4.78, 5) is 39.4. The maximum atomic E-state index is 12.8. The Morgan fingerprint density at radius 1 is 0.943 bits per heavy atom. The van der Waals surface area contributed by atoms with Gasteiger partial charge in [0.25, 0.3) is 0 Å². The fraction of sp³-hybridized carbons (Fsp3) is 0.542. The van der Waals surface area contributed by atoms with Gasteiger partial charge in [-0.25, -0.2) is 9.59 Å². The van der Waals surface area contributed by atoms with Crippen LogP contribution in [-0.2, 0) is 14.3 Å². The Balaban J connectivity index is 1.71. The van der Waals surface area contributed by atoms with Crippen LogP contribution in [0.15, 0.2) is 24.3 Å². The Morgan fingerprint density at radius 2 is 1.51 bits per heavy atom. The molecule has 10 nitrogen and oxygen atoms in total. The molecule has 1 saturated heterocycles. The standard InChI is InChI=1S/C24H34BN3O7/c1-23(2,3)34-21(30)27-11-9-15(10-12-27)20(29)26-17-7-8-18-16(13-17)14-19(25(32)33)28(18)22(31)35-24(4,5)6/h7-8,13-15,32-33H,9-12H2,1-6H3,(H,26,29). The molecule has 2 aromatic rings. The zero-order valence-corrected chi connectivity index (χ0v) is 21.1. The summed E-state index contributed by atoms with van der Waals surface area (Å²) in [6.45, 7) is 11.5. The van der Waals surface area contributed by atoms with Gasteiger partial charge in [0.05, 0.1) is 11.1 Å². The van der Waals surface area contributed by atoms with Crippen molar-refractivity contribution >= 4 is 47.4 Å². The molecular formula is C24H34BN3O7. The quantitative estimate of drug-likeness (QED) is 0.568. The molecule has 2 heterocycles. The summed E-state index contributed by atoms with van der Waals surface area (Å²) < 4.78 is 11.9. The number of fused-ring (bicyclic) bond motifs is 1. The number of hydrogen-bond donors (Lipinski definition) is 3. The first-order chi connectivity index (χ1) is 16.1. The molecule has 0 aliphatic carbocycles. The molecule has 1 aliphatic rings. The number of rotatable bonds is 3. The van der Waals surface area contributed by atoms with Gasteiger partial charge in [-0.05, 0) is 78.6 Å². The van der Waals surface area contributed by atoms with E-state index in [0.717, 1.165) is 4.57 Å². The van der Waals surface area contributed by atoms with Crippen LogP contribution in [0.4, 0.5) is 15.3 Å². The highest BCUT2D eigenvalue weighted by atomic mass is 16.6. The molecule has 0 unspecified atom stereocenters. The van der Waals surface area contributed by atoms with Gasteiger partial charge in [0.1, 0.15) is 11.2 Å². The Kier molecular flexibility index (Phi) is 7.52. The first-order valence-corrected chi connectivity index (χ1v) is 11.7. The number of piperidine rings is 1. The summed E-state index contributed by atoms with van der Waals surface area (Å²) in [5.74, 6) is -0.423. The molecule has 2 amide bonds. The SMILES string of the molecule is CC(C)(C)OC(=O)N1CCC(C(=O)Nc2ccc3c(c2)cc(B(O)O)n3C(=O)OC(C)(C)C)CC1. The lowest BCUT2D eigenvalue weighted by molar-refractivity contribution is -0.121. The third kappa shape index (κ3) is 6.76. The van der Waals surface area contributed by atoms with Crippen LogP contribution >= 0.6 is 0 Å². The zero-order chi connectivity index (χ0) is 26.1. The lowest BCUT2D eigenvalue weighted by Crippen LogP contribution is -2.43. The number of likely N-dealkylation sites (tertiary alicyclic amines) is 1. The van der Waals surface area contributed by atoms with Gasteiger partial charge in [0, 0.05) is 30.1 Å². The van der Waals surface area contributed by atoms with Gasteiger partial charge in [-0.1, -0.05) is 0 Å². The zero-order valence-electron chi connectivity index (χ0n) is 21.1. The normalized spacial score (nSPS) is 15.1. The number of carbonyl (C=O) groups is 3. The molecule has 0 atom stereocenters. The van der Waals surface area contributed by atoms with Crippen molar-refractivity contribution in [1.29, 1.82) is 0 Å². The molecule has 0 spiro atoms. The maximum absolute atomic E-state index is 12.8. The average Bonchev–Trinajstić information content (AvgIpc) is 3.10. The molecule has 0 bridgehead atoms. The molecule has 1 fully saturated rings. The van der Waals surface area contributed by atoms with Crippen molar-refractivity contribution in [3.05, 3.63) is 24.3 Å². The maximum Gasteiger partial charge on any atom is 0.506 e. The van der Waals surface area contributed by atoms with Crippen LogP contribution < -0.4 is 10.9 Å². The number of benzene rings is 1. The van der Waals surface area contributed by atoms with E-state index >= 15 is 0 Å². The fourth-order valence-electron chi connectivity index (χ4n) is 3.91. The molecule has 1 aromatic carbocycles. The van der Waals surface area contributed by atoms with E-state index in [-0.39, 0.29) is 23.5 Å². The van der Waals surface area contributed by atoms with Gasteiger partial charge in [-0.3, -0.25) is 9.36 Å². The van der Waals surface area contributed by atoms with Gasteiger partial charge >= 0.3 is 19.3 Å². The largest absolute Gasteiger partial charge is 0.506 e. The van der Waals surface area contributed by atoms with E-state index in [1.165, 1.54) is 6.07 Å². The van der Waals surface area contributed by atoms with Gasteiger partial charge < -0.3 is 29.7 Å². The van der Waals surface area contributed by atoms with Crippen LogP contribution in [-0.4, -0.2) is 69.0 Å². The van der Waals surface area contributed by atoms with Crippen LogP contribution in [0.5, 0.6) is 0 Å². The van der Waals surface area contributed by atoms with Crippen molar-refractivity contribution < 1.29 is 33.9 Å². The Morgan fingerprint density at radius 3 is 2.06 bits per heavy atom. The Bertz CT molecular complexity index is 1110. The molecule has 35 heavy (non-hydrogen) atoms. The van der Waals surface area contributed by atoms with Gasteiger partial charge in [-0.15, -0.1) is 0 Å². The monoisotopic (exact) mass is 487 g/mol. The first-order valence-electron chi connectivity index (χ1n) is 11.7. The van der Waals surface area contributed by atoms with Gasteiger partial charge in [-0.2, -0.15) is 0 Å². The van der Waals surface area contributed by atoms with Crippen LogP contribution in [0.25, 0.3) is 10.9 Å². The van der Waals surface area contributed by atoms with E-state index < -0.39 is 24.4 Å². The number of carbonyl (C=O) groups excluding carboxylic acids is 3. The molecule has 0 radical (unpaired) electrons. The predicted octanol–water partition coefficient (Wildman–Crippen LogP) is 2.69. The third-order valence-electron chi connectivity index (χ3n) is 5.46. The van der Waals surface area contributed by atoms with E-state index in [4.69, 9.17) is 9.47 Å². The predicted molar refractivity (Wildman–Crippen MR) is 133 cm³/mol. The molecule has 1 aromatic heterocycles. The summed E-state index contributed by atoms with van der Waals surface area (Å²) in [5.41, 5.74) is -0.438. The second-order valence-electron chi connectivity index (χ2n) is 10.8. The molecule has 1 aliphatic heterocycles. The Labute approximate surface area is 205 Å². The second-order valence-corrected chi connectivity index (χ2v) is 10.8. The summed E-state index contributed by atoms with van der Waals surface area (Å²) in [6, 6.07) is 6.39. The van der Waals surface area contributed by atoms with Gasteiger partial charge in [0.15, 0.2) is 0 Å². The van der Waals surface area contributed by atoms with E-state index in [1.807, 2.05) is 20.8 Å². The number of hydrogen-bond acceptors (Lipinski definition) is 7. The van der Waals surface area contributed by atoms with Crippen LogP contribution in [0.1, 0.15) is 54.4 Å². The highest BCUT2D eigenvalue weighted by Gasteiger charge is 2.31. The van der Waals surface area contributed by atoms with Crippen molar-refractivity contribution in [2.24, 2.45) is 5.92 Å². The number of amides is 2. The second kappa shape index (κ2) is 9.90. The highest BCUT2D eigenvalue weighted by Crippen LogP contribution is 2.24. The van der Waals surface area contributed by atoms with Crippen LogP contribution in [0, 0.1) is 5.92 Å². The van der Waals surface area contributed by atoms with Crippen LogP contribution in [0.3, 0.4) is 0 Å². The minimum absolute atomic E-state index is 0.0350. The number of aromatic nitrogens is 1. The number of ether oxygens (including phenoxy) is 2. The fourth-order valence-corrected chi connectivity index (χ4v) is 3.91. The first kappa shape index (κ1) is 26.6. The molecule has 190 valence electrons. The van der Waals surface area contributed by atoms with Crippen molar-refractivity contribution in [1.82, 2.24) is 9.47 Å². The van der Waals surface area contributed by atoms with E-state index in [2.05, 4.69) is 5.32 Å². The van der Waals surface area contributed by atoms with Crippen molar-refractivity contribution in [2.45, 2.75) is 65.6 Å². The highest BCUT2D eigenvalue weighted by molar-refractivity contribution is 6.59. The smallest absolute Gasteiger partial charge is 0.444 e. The Hall–Kier alpha value is -3.05. The van der Waals surface area contributed by atoms with Crippen molar-refractivity contribution in [3.63, 3.8) is 0 Å². The van der Waals surface area contributed by atoms with E-state index in [1.54, 1.807) is 43.9 Å². The van der Waals surface area contributed by atoms with E-state index in [9.17, 15) is 24.4 Å². The summed E-state index contributed by atoms with van der Waals surface area (Å²) in [6.07, 6.45) is -0.0749. The minimum Gasteiger partial charge on any atom is -0.444 e. The van der Waals surface area contributed by atoms with Gasteiger partial charge in [0.2, 0.25) is 5.91 Å². The van der Waals surface area contributed by atoms with Crippen molar-refractivity contribution in [2.75, 3.05) is 18.4 Å². The lowest BCUT2D eigenvalue weighted by Gasteiger charge is -2.32. The number of nitrogens with zero attached hydrogens (tertiary/aromatic N) is 2. The molecule has 3 N–H and O–H groups in total. The summed E-state index contributed by atoms with van der Waals surface area (Å²) in [5, 5.41) is 23.0. The molecular weight excluding hydrogens is 453 g/mol. The van der Waals surface area contributed by atoms with E-state index in [0.29, 0.717) is 42.5 Å². The number of nitrogens with one attached hydrogen (secondary N) is 1. The topological polar surface area (TPSA) is 130 Å². The molecule has 3 rings (SSSR count). The molecule has 11 heteroatoms. The van der Waals surface area contributed by atoms with Crippen molar-refractivity contribution in [3.8, 4) is 0 Å². The summed E-state index contributed by atoms with van der Waals surface area (Å²) in [7, 11) is -1.89. The minimum atomic E-state index is -1.89. The third-order valence-corrected chi connectivity index (χ3v) is 5.46. The number of anilines is 1. The van der Waals surface area contributed by atoms with Crippen LogP contribution in [0.2, 0.25) is 0 Å².